The number of aryl methyl sites for hydroxylation is 1. The van der Waals surface area contributed by atoms with E-state index in [1.807, 2.05) is 25.1 Å². The summed E-state index contributed by atoms with van der Waals surface area (Å²) in [5.41, 5.74) is 9.13. The summed E-state index contributed by atoms with van der Waals surface area (Å²) in [6.45, 7) is 4.47. The van der Waals surface area contributed by atoms with Crippen molar-refractivity contribution in [1.29, 1.82) is 0 Å². The molecule has 0 saturated heterocycles. The monoisotopic (exact) mass is 323 g/mol. The van der Waals surface area contributed by atoms with E-state index in [4.69, 9.17) is 33.7 Å². The van der Waals surface area contributed by atoms with Crippen molar-refractivity contribution in [2.24, 2.45) is 5.73 Å². The van der Waals surface area contributed by atoms with E-state index in [9.17, 15) is 0 Å². The summed E-state index contributed by atoms with van der Waals surface area (Å²) in [6.07, 6.45) is 0.670. The quantitative estimate of drug-likeness (QED) is 0.860. The highest BCUT2D eigenvalue weighted by Crippen LogP contribution is 2.33. The van der Waals surface area contributed by atoms with Crippen LogP contribution < -0.4 is 10.5 Å². The molecule has 0 aromatic heterocycles. The van der Waals surface area contributed by atoms with Crippen LogP contribution in [0.15, 0.2) is 36.4 Å². The van der Waals surface area contributed by atoms with Crippen LogP contribution in [-0.2, 0) is 13.0 Å². The van der Waals surface area contributed by atoms with Crippen molar-refractivity contribution < 1.29 is 4.74 Å². The summed E-state index contributed by atoms with van der Waals surface area (Å²) in [7, 11) is 0. The molecule has 0 heterocycles. The Labute approximate surface area is 135 Å². The third-order valence-corrected chi connectivity index (χ3v) is 3.63. The number of ether oxygens (including phenoxy) is 1. The van der Waals surface area contributed by atoms with Crippen molar-refractivity contribution >= 4 is 23.2 Å². The lowest BCUT2D eigenvalue weighted by atomic mass is 10.1. The van der Waals surface area contributed by atoms with Gasteiger partial charge in [-0.25, -0.2) is 0 Å². The standard InChI is InChI=1S/C17H19Cl2NO/c1-11-3-5-13(6-4-11)10-21-17-14(7-12(2)20)8-15(18)9-16(17)19/h3-6,8-9,12H,7,10,20H2,1-2H3. The molecule has 2 aromatic carbocycles. The Hall–Kier alpha value is -1.22. The van der Waals surface area contributed by atoms with Gasteiger partial charge in [0.1, 0.15) is 12.4 Å². The van der Waals surface area contributed by atoms with Gasteiger partial charge in [0.15, 0.2) is 0 Å². The van der Waals surface area contributed by atoms with E-state index < -0.39 is 0 Å². The number of nitrogens with two attached hydrogens (primary N) is 1. The number of halogens is 2. The number of hydrogen-bond donors (Lipinski definition) is 1. The van der Waals surface area contributed by atoms with Crippen LogP contribution in [0.1, 0.15) is 23.6 Å². The second-order valence-electron chi connectivity index (χ2n) is 5.33. The Morgan fingerprint density at radius 2 is 1.81 bits per heavy atom. The Morgan fingerprint density at radius 3 is 2.43 bits per heavy atom. The fourth-order valence-corrected chi connectivity index (χ4v) is 2.70. The zero-order chi connectivity index (χ0) is 15.4. The van der Waals surface area contributed by atoms with Crippen LogP contribution in [0.5, 0.6) is 5.75 Å². The summed E-state index contributed by atoms with van der Waals surface area (Å²) in [5.74, 6) is 0.666. The van der Waals surface area contributed by atoms with E-state index in [0.29, 0.717) is 28.8 Å². The van der Waals surface area contributed by atoms with Crippen LogP contribution in [0, 0.1) is 6.92 Å². The highest BCUT2D eigenvalue weighted by Gasteiger charge is 2.12. The molecule has 1 atom stereocenters. The van der Waals surface area contributed by atoms with Gasteiger partial charge in [0.25, 0.3) is 0 Å². The molecule has 2 aromatic rings. The van der Waals surface area contributed by atoms with E-state index >= 15 is 0 Å². The van der Waals surface area contributed by atoms with Crippen molar-refractivity contribution in [3.63, 3.8) is 0 Å². The molecule has 21 heavy (non-hydrogen) atoms. The van der Waals surface area contributed by atoms with Gasteiger partial charge in [-0.15, -0.1) is 0 Å². The molecule has 0 aliphatic heterocycles. The molecule has 0 aliphatic rings. The molecule has 0 aliphatic carbocycles. The molecule has 112 valence electrons. The zero-order valence-corrected chi connectivity index (χ0v) is 13.7. The van der Waals surface area contributed by atoms with Crippen LogP contribution in [0.2, 0.25) is 10.0 Å². The molecule has 0 saturated carbocycles. The van der Waals surface area contributed by atoms with Crippen molar-refractivity contribution in [1.82, 2.24) is 0 Å². The van der Waals surface area contributed by atoms with E-state index in [1.54, 1.807) is 6.07 Å². The van der Waals surface area contributed by atoms with Gasteiger partial charge in [-0.2, -0.15) is 0 Å². The highest BCUT2D eigenvalue weighted by molar-refractivity contribution is 6.35. The number of rotatable bonds is 5. The molecule has 0 spiro atoms. The van der Waals surface area contributed by atoms with Gasteiger partial charge in [-0.05, 0) is 43.5 Å². The first kappa shape index (κ1) is 16.2. The van der Waals surface area contributed by atoms with Crippen molar-refractivity contribution in [3.05, 3.63) is 63.1 Å². The lowest BCUT2D eigenvalue weighted by Crippen LogP contribution is -2.18. The first-order valence-corrected chi connectivity index (χ1v) is 7.63. The Bertz CT molecular complexity index is 609. The average molecular weight is 324 g/mol. The first-order chi connectivity index (χ1) is 9.95. The Balaban J connectivity index is 2.19. The zero-order valence-electron chi connectivity index (χ0n) is 12.2. The molecule has 2 N–H and O–H groups in total. The highest BCUT2D eigenvalue weighted by atomic mass is 35.5. The summed E-state index contributed by atoms with van der Waals surface area (Å²) in [6, 6.07) is 11.8. The minimum Gasteiger partial charge on any atom is -0.487 e. The van der Waals surface area contributed by atoms with Gasteiger partial charge in [-0.1, -0.05) is 53.0 Å². The summed E-state index contributed by atoms with van der Waals surface area (Å²) >= 11 is 12.3. The molecule has 1 unspecified atom stereocenters. The van der Waals surface area contributed by atoms with Crippen molar-refractivity contribution in [2.75, 3.05) is 0 Å². The summed E-state index contributed by atoms with van der Waals surface area (Å²) in [4.78, 5) is 0. The Kier molecular flexibility index (Phi) is 5.51. The number of benzene rings is 2. The maximum atomic E-state index is 6.26. The lowest BCUT2D eigenvalue weighted by molar-refractivity contribution is 0.302. The molecular weight excluding hydrogens is 305 g/mol. The second kappa shape index (κ2) is 7.17. The van der Waals surface area contributed by atoms with Gasteiger partial charge in [0.2, 0.25) is 0 Å². The van der Waals surface area contributed by atoms with Gasteiger partial charge in [0, 0.05) is 11.1 Å². The van der Waals surface area contributed by atoms with Crippen LogP contribution in [-0.4, -0.2) is 6.04 Å². The molecule has 2 nitrogen and oxygen atoms in total. The first-order valence-electron chi connectivity index (χ1n) is 6.87. The van der Waals surface area contributed by atoms with E-state index in [1.165, 1.54) is 5.56 Å². The molecule has 0 bridgehead atoms. The maximum Gasteiger partial charge on any atom is 0.141 e. The largest absolute Gasteiger partial charge is 0.487 e. The van der Waals surface area contributed by atoms with Crippen molar-refractivity contribution in [3.8, 4) is 5.75 Å². The summed E-state index contributed by atoms with van der Waals surface area (Å²) in [5, 5.41) is 1.11. The molecular formula is C17H19Cl2NO. The van der Waals surface area contributed by atoms with E-state index in [2.05, 4.69) is 19.1 Å². The molecule has 2 rings (SSSR count). The third kappa shape index (κ3) is 4.63. The van der Waals surface area contributed by atoms with Crippen LogP contribution in [0.4, 0.5) is 0 Å². The molecule has 4 heteroatoms. The second-order valence-corrected chi connectivity index (χ2v) is 6.18. The fraction of sp³-hybridized carbons (Fsp3) is 0.294. The SMILES string of the molecule is Cc1ccc(COc2c(Cl)cc(Cl)cc2CC(C)N)cc1. The summed E-state index contributed by atoms with van der Waals surface area (Å²) < 4.78 is 5.90. The normalized spacial score (nSPS) is 12.2. The number of hydrogen-bond acceptors (Lipinski definition) is 2. The van der Waals surface area contributed by atoms with Gasteiger partial charge < -0.3 is 10.5 Å². The average Bonchev–Trinajstić information content (AvgIpc) is 2.39. The van der Waals surface area contributed by atoms with Gasteiger partial charge in [-0.3, -0.25) is 0 Å². The minimum atomic E-state index is 0.0151. The molecule has 0 radical (unpaired) electrons. The van der Waals surface area contributed by atoms with Crippen LogP contribution in [0.25, 0.3) is 0 Å². The predicted molar refractivity (Wildman–Crippen MR) is 89.3 cm³/mol. The van der Waals surface area contributed by atoms with Crippen LogP contribution in [0.3, 0.4) is 0 Å². The molecule has 0 amide bonds. The minimum absolute atomic E-state index is 0.0151. The predicted octanol–water partition coefficient (Wildman–Crippen LogP) is 4.77. The van der Waals surface area contributed by atoms with Gasteiger partial charge >= 0.3 is 0 Å². The fourth-order valence-electron chi connectivity index (χ4n) is 2.11. The lowest BCUT2D eigenvalue weighted by Gasteiger charge is -2.15. The topological polar surface area (TPSA) is 35.2 Å². The van der Waals surface area contributed by atoms with Crippen molar-refractivity contribution in [2.45, 2.75) is 32.9 Å². The van der Waals surface area contributed by atoms with Crippen LogP contribution >= 0.6 is 23.2 Å². The smallest absolute Gasteiger partial charge is 0.141 e. The Morgan fingerprint density at radius 1 is 1.14 bits per heavy atom. The van der Waals surface area contributed by atoms with Gasteiger partial charge in [0.05, 0.1) is 5.02 Å². The third-order valence-electron chi connectivity index (χ3n) is 3.13. The maximum absolute atomic E-state index is 6.26. The van der Waals surface area contributed by atoms with E-state index in [0.717, 1.165) is 11.1 Å². The molecule has 0 fully saturated rings. The van der Waals surface area contributed by atoms with E-state index in [-0.39, 0.29) is 6.04 Å².